The first-order valence-electron chi connectivity index (χ1n) is 5.47. The molecule has 18 heavy (non-hydrogen) atoms. The van der Waals surface area contributed by atoms with Gasteiger partial charge in [0.2, 0.25) is 0 Å². The van der Waals surface area contributed by atoms with Crippen LogP contribution in [0.2, 0.25) is 0 Å². The first kappa shape index (κ1) is 12.0. The van der Waals surface area contributed by atoms with Crippen LogP contribution in [0.5, 0.6) is 5.75 Å². The van der Waals surface area contributed by atoms with Gasteiger partial charge in [0, 0.05) is 18.0 Å². The van der Waals surface area contributed by atoms with Gasteiger partial charge < -0.3 is 15.8 Å². The molecular formula is C12H14N4O2. The number of primary amides is 1. The van der Waals surface area contributed by atoms with Crippen molar-refractivity contribution in [2.75, 3.05) is 11.9 Å². The standard InChI is InChI=1S/C12H14N4O2/c13-12(17)8-18-11-3-1-2-9(6-11)14-7-10-4-5-15-16-10/h1-6,14H,7-8H2,(H2,13,17)(H,15,16). The molecule has 6 nitrogen and oxygen atoms in total. The fraction of sp³-hybridized carbons (Fsp3) is 0.167. The van der Waals surface area contributed by atoms with E-state index in [1.165, 1.54) is 0 Å². The summed E-state index contributed by atoms with van der Waals surface area (Å²) in [5.74, 6) is 0.106. The second-order valence-corrected chi connectivity index (χ2v) is 3.72. The number of hydrogen-bond acceptors (Lipinski definition) is 4. The molecule has 0 spiro atoms. The number of H-pyrrole nitrogens is 1. The number of carbonyl (C=O) groups is 1. The van der Waals surface area contributed by atoms with Crippen molar-refractivity contribution < 1.29 is 9.53 Å². The summed E-state index contributed by atoms with van der Waals surface area (Å²) in [4.78, 5) is 10.6. The Bertz CT molecular complexity index is 511. The van der Waals surface area contributed by atoms with Gasteiger partial charge in [-0.05, 0) is 18.2 Å². The molecule has 4 N–H and O–H groups in total. The third-order valence-corrected chi connectivity index (χ3v) is 2.26. The quantitative estimate of drug-likeness (QED) is 0.705. The highest BCUT2D eigenvalue weighted by molar-refractivity contribution is 5.75. The lowest BCUT2D eigenvalue weighted by atomic mass is 10.3. The molecule has 94 valence electrons. The summed E-state index contributed by atoms with van der Waals surface area (Å²) in [7, 11) is 0. The molecule has 0 aliphatic heterocycles. The summed E-state index contributed by atoms with van der Waals surface area (Å²) >= 11 is 0. The van der Waals surface area contributed by atoms with E-state index >= 15 is 0 Å². The molecule has 0 saturated heterocycles. The minimum Gasteiger partial charge on any atom is -0.484 e. The Balaban J connectivity index is 1.92. The summed E-state index contributed by atoms with van der Waals surface area (Å²) < 4.78 is 5.21. The molecule has 0 aliphatic carbocycles. The second-order valence-electron chi connectivity index (χ2n) is 3.72. The summed E-state index contributed by atoms with van der Waals surface area (Å²) in [5.41, 5.74) is 6.89. The Labute approximate surface area is 104 Å². The minimum atomic E-state index is -0.495. The number of carbonyl (C=O) groups excluding carboxylic acids is 1. The second kappa shape index (κ2) is 5.72. The lowest BCUT2D eigenvalue weighted by Gasteiger charge is -2.08. The van der Waals surface area contributed by atoms with Crippen LogP contribution in [0.25, 0.3) is 0 Å². The Morgan fingerprint density at radius 3 is 3.06 bits per heavy atom. The maximum atomic E-state index is 10.6. The number of hydrogen-bond donors (Lipinski definition) is 3. The maximum Gasteiger partial charge on any atom is 0.255 e. The summed E-state index contributed by atoms with van der Waals surface area (Å²) in [5, 5.41) is 9.92. The zero-order chi connectivity index (χ0) is 12.8. The van der Waals surface area contributed by atoms with Crippen molar-refractivity contribution in [3.8, 4) is 5.75 Å². The van der Waals surface area contributed by atoms with E-state index in [-0.39, 0.29) is 6.61 Å². The predicted molar refractivity (Wildman–Crippen MR) is 67.0 cm³/mol. The molecule has 0 radical (unpaired) electrons. The highest BCUT2D eigenvalue weighted by atomic mass is 16.5. The fourth-order valence-corrected chi connectivity index (χ4v) is 1.43. The van der Waals surface area contributed by atoms with Gasteiger partial charge in [0.1, 0.15) is 5.75 Å². The Morgan fingerprint density at radius 1 is 1.44 bits per heavy atom. The molecule has 1 aromatic heterocycles. The van der Waals surface area contributed by atoms with Crippen LogP contribution < -0.4 is 15.8 Å². The average Bonchev–Trinajstić information content (AvgIpc) is 2.87. The number of nitrogens with one attached hydrogen (secondary N) is 2. The zero-order valence-electron chi connectivity index (χ0n) is 9.72. The number of nitrogens with two attached hydrogens (primary N) is 1. The van der Waals surface area contributed by atoms with Crippen LogP contribution in [0, 0.1) is 0 Å². The molecule has 2 rings (SSSR count). The van der Waals surface area contributed by atoms with Gasteiger partial charge in [-0.15, -0.1) is 0 Å². The normalized spacial score (nSPS) is 10.0. The molecule has 1 heterocycles. The van der Waals surface area contributed by atoms with Crippen LogP contribution in [-0.4, -0.2) is 22.7 Å². The van der Waals surface area contributed by atoms with E-state index in [1.807, 2.05) is 18.2 Å². The third kappa shape index (κ3) is 3.51. The highest BCUT2D eigenvalue weighted by Gasteiger charge is 2.00. The van der Waals surface area contributed by atoms with Crippen molar-refractivity contribution in [2.24, 2.45) is 5.73 Å². The molecule has 0 atom stereocenters. The number of anilines is 1. The largest absolute Gasteiger partial charge is 0.484 e. The first-order valence-corrected chi connectivity index (χ1v) is 5.47. The van der Waals surface area contributed by atoms with Crippen molar-refractivity contribution in [2.45, 2.75) is 6.54 Å². The summed E-state index contributed by atoms with van der Waals surface area (Å²) in [6.45, 7) is 0.517. The molecule has 0 aliphatic rings. The molecule has 2 aromatic rings. The van der Waals surface area contributed by atoms with Crippen LogP contribution in [-0.2, 0) is 11.3 Å². The van der Waals surface area contributed by atoms with Gasteiger partial charge >= 0.3 is 0 Å². The minimum absolute atomic E-state index is 0.121. The van der Waals surface area contributed by atoms with Crippen molar-refractivity contribution in [1.29, 1.82) is 0 Å². The van der Waals surface area contributed by atoms with Gasteiger partial charge in [-0.1, -0.05) is 6.07 Å². The number of ether oxygens (including phenoxy) is 1. The summed E-state index contributed by atoms with van der Waals surface area (Å²) in [6.07, 6.45) is 1.70. The van der Waals surface area contributed by atoms with Crippen LogP contribution in [0.3, 0.4) is 0 Å². The molecule has 0 saturated carbocycles. The molecule has 6 heteroatoms. The maximum absolute atomic E-state index is 10.6. The average molecular weight is 246 g/mol. The Morgan fingerprint density at radius 2 is 2.33 bits per heavy atom. The SMILES string of the molecule is NC(=O)COc1cccc(NCc2ccn[nH]2)c1. The van der Waals surface area contributed by atoms with Crippen LogP contribution in [0.1, 0.15) is 5.69 Å². The van der Waals surface area contributed by atoms with Gasteiger partial charge in [-0.25, -0.2) is 0 Å². The number of aromatic nitrogens is 2. The predicted octanol–water partition coefficient (Wildman–Crippen LogP) is 0.886. The van der Waals surface area contributed by atoms with E-state index in [1.54, 1.807) is 18.3 Å². The van der Waals surface area contributed by atoms with Crippen LogP contribution >= 0.6 is 0 Å². The third-order valence-electron chi connectivity index (χ3n) is 2.26. The van der Waals surface area contributed by atoms with E-state index in [2.05, 4.69) is 15.5 Å². The van der Waals surface area contributed by atoms with Crippen molar-refractivity contribution in [3.63, 3.8) is 0 Å². The molecule has 1 amide bonds. The molecule has 0 bridgehead atoms. The Hall–Kier alpha value is -2.50. The topological polar surface area (TPSA) is 93.0 Å². The van der Waals surface area contributed by atoms with E-state index in [0.717, 1.165) is 11.4 Å². The smallest absolute Gasteiger partial charge is 0.255 e. The first-order chi connectivity index (χ1) is 8.74. The van der Waals surface area contributed by atoms with E-state index in [4.69, 9.17) is 10.5 Å². The molecule has 0 unspecified atom stereocenters. The van der Waals surface area contributed by atoms with E-state index < -0.39 is 5.91 Å². The molecular weight excluding hydrogens is 232 g/mol. The van der Waals surface area contributed by atoms with Crippen molar-refractivity contribution >= 4 is 11.6 Å². The highest BCUT2D eigenvalue weighted by Crippen LogP contribution is 2.17. The fourth-order valence-electron chi connectivity index (χ4n) is 1.43. The zero-order valence-corrected chi connectivity index (χ0v) is 9.72. The number of aromatic amines is 1. The van der Waals surface area contributed by atoms with Gasteiger partial charge in [-0.2, -0.15) is 5.10 Å². The summed E-state index contributed by atoms with van der Waals surface area (Å²) in [6, 6.07) is 9.21. The number of amides is 1. The van der Waals surface area contributed by atoms with E-state index in [0.29, 0.717) is 12.3 Å². The number of benzene rings is 1. The Kier molecular flexibility index (Phi) is 3.80. The van der Waals surface area contributed by atoms with Crippen molar-refractivity contribution in [1.82, 2.24) is 10.2 Å². The lowest BCUT2D eigenvalue weighted by molar-refractivity contribution is -0.119. The lowest BCUT2D eigenvalue weighted by Crippen LogP contribution is -2.20. The molecule has 1 aromatic carbocycles. The van der Waals surface area contributed by atoms with E-state index in [9.17, 15) is 4.79 Å². The number of rotatable bonds is 6. The molecule has 0 fully saturated rings. The van der Waals surface area contributed by atoms with Crippen molar-refractivity contribution in [3.05, 3.63) is 42.2 Å². The monoisotopic (exact) mass is 246 g/mol. The van der Waals surface area contributed by atoms with Gasteiger partial charge in [-0.3, -0.25) is 9.89 Å². The van der Waals surface area contributed by atoms with Gasteiger partial charge in [0.25, 0.3) is 5.91 Å². The number of nitrogens with zero attached hydrogens (tertiary/aromatic N) is 1. The van der Waals surface area contributed by atoms with Gasteiger partial charge in [0.15, 0.2) is 6.61 Å². The van der Waals surface area contributed by atoms with Crippen LogP contribution in [0.15, 0.2) is 36.5 Å². The van der Waals surface area contributed by atoms with Crippen LogP contribution in [0.4, 0.5) is 5.69 Å². The van der Waals surface area contributed by atoms with Gasteiger partial charge in [0.05, 0.1) is 12.2 Å².